The third-order valence-electron chi connectivity index (χ3n) is 3.38. The molecule has 0 heterocycles. The van der Waals surface area contributed by atoms with Crippen LogP contribution in [0.1, 0.15) is 36.7 Å². The number of carbonyl (C=O) groups excluding carboxylic acids is 2. The molecule has 112 valence electrons. The molecule has 0 unspecified atom stereocenters. The maximum Gasteiger partial charge on any atom is 0.193 e. The van der Waals surface area contributed by atoms with Crippen molar-refractivity contribution in [3.63, 3.8) is 0 Å². The Labute approximate surface area is 131 Å². The number of allylic oxidation sites excluding steroid dienone is 2. The molecular weight excluding hydrogens is 272 g/mol. The van der Waals surface area contributed by atoms with Gasteiger partial charge >= 0.3 is 0 Å². The first-order valence-corrected chi connectivity index (χ1v) is 7.31. The molecule has 0 amide bonds. The zero-order valence-corrected chi connectivity index (χ0v) is 13.2. The molecule has 22 heavy (non-hydrogen) atoms. The van der Waals surface area contributed by atoms with Gasteiger partial charge in [0.15, 0.2) is 11.6 Å². The summed E-state index contributed by atoms with van der Waals surface area (Å²) in [5, 5.41) is 0. The summed E-state index contributed by atoms with van der Waals surface area (Å²) in [4.78, 5) is 25.1. The van der Waals surface area contributed by atoms with Crippen LogP contribution in [-0.2, 0) is 4.79 Å². The molecule has 0 atom stereocenters. The average Bonchev–Trinajstić information content (AvgIpc) is 2.52. The summed E-state index contributed by atoms with van der Waals surface area (Å²) in [7, 11) is 0. The van der Waals surface area contributed by atoms with Gasteiger partial charge in [-0.1, -0.05) is 81.4 Å². The van der Waals surface area contributed by atoms with E-state index in [1.54, 1.807) is 12.1 Å². The van der Waals surface area contributed by atoms with Gasteiger partial charge in [-0.2, -0.15) is 0 Å². The third-order valence-corrected chi connectivity index (χ3v) is 3.38. The molecule has 2 rings (SSSR count). The number of hydrogen-bond acceptors (Lipinski definition) is 2. The summed E-state index contributed by atoms with van der Waals surface area (Å²) in [6, 6.07) is 18.4. The Morgan fingerprint density at radius 3 is 1.68 bits per heavy atom. The van der Waals surface area contributed by atoms with Crippen LogP contribution in [0.2, 0.25) is 0 Å². The lowest BCUT2D eigenvalue weighted by Crippen LogP contribution is -2.19. The van der Waals surface area contributed by atoms with Crippen molar-refractivity contribution in [1.29, 1.82) is 0 Å². The molecule has 0 aliphatic carbocycles. The quantitative estimate of drug-likeness (QED) is 0.611. The van der Waals surface area contributed by atoms with Gasteiger partial charge in [0.05, 0.1) is 0 Å². The number of rotatable bonds is 4. The van der Waals surface area contributed by atoms with Crippen LogP contribution in [0.3, 0.4) is 0 Å². The molecule has 0 aliphatic rings. The summed E-state index contributed by atoms with van der Waals surface area (Å²) in [5.74, 6) is -0.194. The first kappa shape index (κ1) is 15.9. The molecule has 0 aromatic heterocycles. The van der Waals surface area contributed by atoms with Gasteiger partial charge in [-0.3, -0.25) is 9.59 Å². The highest BCUT2D eigenvalue weighted by Gasteiger charge is 2.22. The van der Waals surface area contributed by atoms with E-state index in [1.165, 1.54) is 6.08 Å². The van der Waals surface area contributed by atoms with E-state index in [9.17, 15) is 9.59 Å². The molecule has 0 fully saturated rings. The Kier molecular flexibility index (Phi) is 4.71. The molecule has 0 aliphatic heterocycles. The standard InChI is InChI=1S/C20H20O2/c1-20(2,3)18(21)14-17(15-10-6-4-7-11-15)19(22)16-12-8-5-9-13-16/h4-14H,1-3H3/b17-14+. The van der Waals surface area contributed by atoms with Gasteiger partial charge in [0.25, 0.3) is 0 Å². The van der Waals surface area contributed by atoms with Crippen molar-refractivity contribution in [1.82, 2.24) is 0 Å². The van der Waals surface area contributed by atoms with Gasteiger partial charge in [0.1, 0.15) is 0 Å². The van der Waals surface area contributed by atoms with Crippen molar-refractivity contribution in [2.75, 3.05) is 0 Å². The van der Waals surface area contributed by atoms with Crippen molar-refractivity contribution in [3.05, 3.63) is 77.9 Å². The zero-order valence-electron chi connectivity index (χ0n) is 13.2. The van der Waals surface area contributed by atoms with Gasteiger partial charge in [-0.05, 0) is 11.6 Å². The minimum Gasteiger partial charge on any atom is -0.294 e. The zero-order chi connectivity index (χ0) is 16.2. The molecule has 0 saturated heterocycles. The molecule has 2 aromatic carbocycles. The lowest BCUT2D eigenvalue weighted by atomic mass is 9.87. The van der Waals surface area contributed by atoms with Crippen molar-refractivity contribution in [2.24, 2.45) is 5.41 Å². The monoisotopic (exact) mass is 292 g/mol. The van der Waals surface area contributed by atoms with Crippen LogP contribution in [0.25, 0.3) is 5.57 Å². The summed E-state index contributed by atoms with van der Waals surface area (Å²) < 4.78 is 0. The largest absolute Gasteiger partial charge is 0.294 e. The van der Waals surface area contributed by atoms with Crippen LogP contribution < -0.4 is 0 Å². The van der Waals surface area contributed by atoms with Crippen molar-refractivity contribution >= 4 is 17.1 Å². The van der Waals surface area contributed by atoms with Crippen LogP contribution in [0.4, 0.5) is 0 Å². The number of ketones is 2. The van der Waals surface area contributed by atoms with Crippen molar-refractivity contribution in [3.8, 4) is 0 Å². The molecule has 0 N–H and O–H groups in total. The van der Waals surface area contributed by atoms with Crippen LogP contribution in [-0.4, -0.2) is 11.6 Å². The Morgan fingerprint density at radius 2 is 1.23 bits per heavy atom. The maximum atomic E-state index is 12.8. The molecule has 2 nitrogen and oxygen atoms in total. The maximum absolute atomic E-state index is 12.8. The van der Waals surface area contributed by atoms with Gasteiger partial charge < -0.3 is 0 Å². The van der Waals surface area contributed by atoms with Gasteiger partial charge in [-0.25, -0.2) is 0 Å². The van der Waals surface area contributed by atoms with Crippen LogP contribution in [0.5, 0.6) is 0 Å². The third kappa shape index (κ3) is 3.79. The molecule has 0 spiro atoms. The first-order valence-electron chi connectivity index (χ1n) is 7.31. The van der Waals surface area contributed by atoms with E-state index in [1.807, 2.05) is 69.3 Å². The van der Waals surface area contributed by atoms with E-state index >= 15 is 0 Å². The highest BCUT2D eigenvalue weighted by molar-refractivity contribution is 6.31. The second kappa shape index (κ2) is 6.52. The number of Topliss-reactive ketones (excluding diaryl/α,β-unsaturated/α-hetero) is 1. The fraction of sp³-hybridized carbons (Fsp3) is 0.200. The first-order chi connectivity index (χ1) is 10.4. The van der Waals surface area contributed by atoms with Gasteiger partial charge in [0.2, 0.25) is 0 Å². The number of hydrogen-bond donors (Lipinski definition) is 0. The molecule has 0 bridgehead atoms. The fourth-order valence-corrected chi connectivity index (χ4v) is 1.99. The number of benzene rings is 2. The molecule has 0 radical (unpaired) electrons. The lowest BCUT2D eigenvalue weighted by molar-refractivity contribution is -0.121. The topological polar surface area (TPSA) is 34.1 Å². The molecule has 2 heteroatoms. The van der Waals surface area contributed by atoms with E-state index in [0.717, 1.165) is 5.56 Å². The van der Waals surface area contributed by atoms with Crippen molar-refractivity contribution in [2.45, 2.75) is 20.8 Å². The van der Waals surface area contributed by atoms with Crippen molar-refractivity contribution < 1.29 is 9.59 Å². The highest BCUT2D eigenvalue weighted by atomic mass is 16.1. The minimum absolute atomic E-state index is 0.0596. The van der Waals surface area contributed by atoms with E-state index in [0.29, 0.717) is 11.1 Å². The Balaban J connectivity index is 2.50. The number of carbonyl (C=O) groups is 2. The van der Waals surface area contributed by atoms with E-state index < -0.39 is 5.41 Å². The SMILES string of the molecule is CC(C)(C)C(=O)/C=C(/C(=O)c1ccccc1)c1ccccc1. The normalized spacial score (nSPS) is 12.0. The second-order valence-corrected chi connectivity index (χ2v) is 6.23. The molecule has 0 saturated carbocycles. The van der Waals surface area contributed by atoms with Crippen LogP contribution in [0, 0.1) is 5.41 Å². The Morgan fingerprint density at radius 1 is 0.773 bits per heavy atom. The van der Waals surface area contributed by atoms with Crippen LogP contribution in [0.15, 0.2) is 66.7 Å². The highest BCUT2D eigenvalue weighted by Crippen LogP contribution is 2.23. The fourth-order valence-electron chi connectivity index (χ4n) is 1.99. The Bertz CT molecular complexity index is 689. The lowest BCUT2D eigenvalue weighted by Gasteiger charge is -2.15. The average molecular weight is 292 g/mol. The van der Waals surface area contributed by atoms with Gasteiger partial charge in [-0.15, -0.1) is 0 Å². The van der Waals surface area contributed by atoms with Crippen LogP contribution >= 0.6 is 0 Å². The molecular formula is C20H20O2. The predicted molar refractivity (Wildman–Crippen MR) is 89.7 cm³/mol. The second-order valence-electron chi connectivity index (χ2n) is 6.23. The van der Waals surface area contributed by atoms with E-state index in [4.69, 9.17) is 0 Å². The Hall–Kier alpha value is -2.48. The predicted octanol–water partition coefficient (Wildman–Crippen LogP) is 4.57. The minimum atomic E-state index is -0.517. The van der Waals surface area contributed by atoms with E-state index in [2.05, 4.69) is 0 Å². The smallest absolute Gasteiger partial charge is 0.193 e. The summed E-state index contributed by atoms with van der Waals surface area (Å²) in [5.41, 5.74) is 1.26. The summed E-state index contributed by atoms with van der Waals surface area (Å²) in [6.07, 6.45) is 1.48. The summed E-state index contributed by atoms with van der Waals surface area (Å²) >= 11 is 0. The molecule has 2 aromatic rings. The van der Waals surface area contributed by atoms with E-state index in [-0.39, 0.29) is 11.6 Å². The summed E-state index contributed by atoms with van der Waals surface area (Å²) in [6.45, 7) is 5.55. The van der Waals surface area contributed by atoms with Gasteiger partial charge in [0, 0.05) is 16.6 Å².